The minimum absolute atomic E-state index is 0.135. The minimum atomic E-state index is -0.135. The fraction of sp³-hybridized carbons (Fsp3) is 0.520. The molecule has 0 spiro atoms. The first-order valence-electron chi connectivity index (χ1n) is 12.2. The molecule has 3 heterocycles. The number of piperazine rings is 1. The number of rotatable bonds is 10. The van der Waals surface area contributed by atoms with Gasteiger partial charge in [-0.2, -0.15) is 0 Å². The molecule has 2 aromatic heterocycles. The second-order valence-corrected chi connectivity index (χ2v) is 9.89. The van der Waals surface area contributed by atoms with Crippen LogP contribution < -0.4 is 10.3 Å². The molecule has 3 aromatic rings. The number of ether oxygens (including phenoxy) is 1. The van der Waals surface area contributed by atoms with Crippen LogP contribution >= 0.6 is 11.9 Å². The van der Waals surface area contributed by atoms with Crippen molar-refractivity contribution in [2.45, 2.75) is 38.0 Å². The number of β-amino-alcohol motifs (C(OH)–C–C–N with tert-alkyl or cyclic N) is 1. The zero-order valence-electron chi connectivity index (χ0n) is 20.3. The highest BCUT2D eigenvalue weighted by Gasteiger charge is 2.20. The van der Waals surface area contributed by atoms with E-state index in [0.29, 0.717) is 17.9 Å². The summed E-state index contributed by atoms with van der Waals surface area (Å²) < 4.78 is 10.3. The van der Waals surface area contributed by atoms with E-state index in [9.17, 15) is 9.90 Å². The van der Waals surface area contributed by atoms with Crippen molar-refractivity contribution in [3.8, 4) is 17.1 Å². The standard InChI is InChI=1S/C25H35N5O3S/c1-4-6-18-17-28(3)23-22(18)26-24(27-25(23)32)20-16-19(7-8-21(20)33-15-5-2)34-30-11-9-29(10-12-30)13-14-31/h7-8,16-17,31H,4-6,9-15H2,1-3H3,(H,26,27,32). The molecule has 0 radical (unpaired) electrons. The van der Waals surface area contributed by atoms with E-state index >= 15 is 0 Å². The van der Waals surface area contributed by atoms with Crippen LogP contribution in [0.15, 0.2) is 34.1 Å². The lowest BCUT2D eigenvalue weighted by atomic mass is 10.1. The molecule has 1 fully saturated rings. The molecule has 0 atom stereocenters. The lowest BCUT2D eigenvalue weighted by Gasteiger charge is -2.33. The van der Waals surface area contributed by atoms with Gasteiger partial charge >= 0.3 is 0 Å². The van der Waals surface area contributed by atoms with Crippen molar-refractivity contribution >= 4 is 23.0 Å². The third-order valence-electron chi connectivity index (χ3n) is 6.07. The van der Waals surface area contributed by atoms with Crippen LogP contribution in [0.1, 0.15) is 32.3 Å². The molecular formula is C25H35N5O3S. The quantitative estimate of drug-likeness (QED) is 0.426. The van der Waals surface area contributed by atoms with Crippen molar-refractivity contribution in [3.05, 3.63) is 40.3 Å². The Kier molecular flexibility index (Phi) is 8.31. The largest absolute Gasteiger partial charge is 0.493 e. The molecule has 0 saturated carbocycles. The number of nitrogens with one attached hydrogen (secondary N) is 1. The molecule has 1 saturated heterocycles. The van der Waals surface area contributed by atoms with E-state index in [1.54, 1.807) is 11.9 Å². The highest BCUT2D eigenvalue weighted by atomic mass is 32.2. The molecule has 184 valence electrons. The molecule has 2 N–H and O–H groups in total. The van der Waals surface area contributed by atoms with Crippen molar-refractivity contribution in [3.63, 3.8) is 0 Å². The van der Waals surface area contributed by atoms with Crippen molar-refractivity contribution in [2.24, 2.45) is 7.05 Å². The number of hydrogen-bond acceptors (Lipinski definition) is 7. The number of nitrogens with zero attached hydrogens (tertiary/aromatic N) is 4. The van der Waals surface area contributed by atoms with Crippen LogP contribution in [0.3, 0.4) is 0 Å². The van der Waals surface area contributed by atoms with Gasteiger partial charge in [-0.05, 0) is 48.6 Å². The molecule has 9 heteroatoms. The van der Waals surface area contributed by atoms with Crippen molar-refractivity contribution in [2.75, 3.05) is 45.9 Å². The average Bonchev–Trinajstić information content (AvgIpc) is 3.15. The summed E-state index contributed by atoms with van der Waals surface area (Å²) in [5, 5.41) is 9.18. The SMILES string of the molecule is CCCOc1ccc(SN2CCN(CCO)CC2)cc1-c1nc2c(CCC)cn(C)c2c(=O)[nH]1. The summed E-state index contributed by atoms with van der Waals surface area (Å²) in [6.07, 6.45) is 4.78. The van der Waals surface area contributed by atoms with Crippen LogP contribution in [0.2, 0.25) is 0 Å². The zero-order chi connectivity index (χ0) is 24.1. The van der Waals surface area contributed by atoms with Gasteiger partial charge in [0.15, 0.2) is 0 Å². The number of aliphatic hydroxyl groups excluding tert-OH is 1. The van der Waals surface area contributed by atoms with Crippen LogP contribution in [-0.2, 0) is 13.5 Å². The van der Waals surface area contributed by atoms with Gasteiger partial charge in [0.25, 0.3) is 5.56 Å². The lowest BCUT2D eigenvalue weighted by molar-refractivity contribution is 0.156. The predicted octanol–water partition coefficient (Wildman–Crippen LogP) is 3.29. The number of fused-ring (bicyclic) bond motifs is 1. The maximum absolute atomic E-state index is 13.0. The highest BCUT2D eigenvalue weighted by Crippen LogP contribution is 2.34. The number of hydrogen-bond donors (Lipinski definition) is 2. The van der Waals surface area contributed by atoms with E-state index in [2.05, 4.69) is 40.2 Å². The summed E-state index contributed by atoms with van der Waals surface area (Å²) in [7, 11) is 1.89. The van der Waals surface area contributed by atoms with Crippen molar-refractivity contribution in [1.82, 2.24) is 23.7 Å². The maximum atomic E-state index is 13.0. The second-order valence-electron chi connectivity index (χ2n) is 8.72. The van der Waals surface area contributed by atoms with E-state index < -0.39 is 0 Å². The van der Waals surface area contributed by atoms with Crippen LogP contribution in [0.25, 0.3) is 22.4 Å². The van der Waals surface area contributed by atoms with Crippen LogP contribution in [0, 0.1) is 0 Å². The molecule has 1 aliphatic heterocycles. The number of H-pyrrole nitrogens is 1. The molecule has 0 amide bonds. The Bertz CT molecular complexity index is 1170. The highest BCUT2D eigenvalue weighted by molar-refractivity contribution is 7.97. The average molecular weight is 486 g/mol. The first kappa shape index (κ1) is 24.8. The van der Waals surface area contributed by atoms with E-state index in [1.807, 2.05) is 23.9 Å². The Balaban J connectivity index is 1.67. The van der Waals surface area contributed by atoms with Gasteiger partial charge in [-0.25, -0.2) is 9.29 Å². The smallest absolute Gasteiger partial charge is 0.275 e. The van der Waals surface area contributed by atoms with Gasteiger partial charge in [0.1, 0.15) is 17.1 Å². The maximum Gasteiger partial charge on any atom is 0.275 e. The monoisotopic (exact) mass is 485 g/mol. The predicted molar refractivity (Wildman–Crippen MR) is 138 cm³/mol. The van der Waals surface area contributed by atoms with Gasteiger partial charge in [0, 0.05) is 50.9 Å². The molecule has 1 aromatic carbocycles. The van der Waals surface area contributed by atoms with Crippen LogP contribution in [0.4, 0.5) is 0 Å². The van der Waals surface area contributed by atoms with Gasteiger partial charge in [-0.3, -0.25) is 9.69 Å². The van der Waals surface area contributed by atoms with Crippen LogP contribution in [-0.4, -0.2) is 74.8 Å². The first-order chi connectivity index (χ1) is 16.5. The number of aromatic amines is 1. The number of aromatic nitrogens is 3. The van der Waals surface area contributed by atoms with Crippen molar-refractivity contribution in [1.29, 1.82) is 0 Å². The number of benzene rings is 1. The fourth-order valence-corrected chi connectivity index (χ4v) is 5.32. The number of aryl methyl sites for hydroxylation is 2. The van der Waals surface area contributed by atoms with Crippen molar-refractivity contribution < 1.29 is 9.84 Å². The third-order valence-corrected chi connectivity index (χ3v) is 7.16. The van der Waals surface area contributed by atoms with E-state index in [-0.39, 0.29) is 12.2 Å². The van der Waals surface area contributed by atoms with Gasteiger partial charge in [-0.15, -0.1) is 0 Å². The number of aliphatic hydroxyl groups is 1. The van der Waals surface area contributed by atoms with Gasteiger partial charge in [0.05, 0.1) is 24.3 Å². The summed E-state index contributed by atoms with van der Waals surface area (Å²) in [6.45, 7) is 9.49. The Labute approximate surface area is 205 Å². The molecule has 0 unspecified atom stereocenters. The Morgan fingerprint density at radius 3 is 2.68 bits per heavy atom. The minimum Gasteiger partial charge on any atom is -0.493 e. The van der Waals surface area contributed by atoms with Gasteiger partial charge in [0.2, 0.25) is 0 Å². The Morgan fingerprint density at radius 1 is 1.18 bits per heavy atom. The summed E-state index contributed by atoms with van der Waals surface area (Å²) >= 11 is 1.71. The Morgan fingerprint density at radius 2 is 1.97 bits per heavy atom. The molecule has 34 heavy (non-hydrogen) atoms. The van der Waals surface area contributed by atoms with E-state index in [0.717, 1.165) is 79.3 Å². The van der Waals surface area contributed by atoms with E-state index in [1.165, 1.54) is 0 Å². The normalized spacial score (nSPS) is 15.3. The molecule has 1 aliphatic rings. The Hall–Kier alpha value is -2.33. The molecular weight excluding hydrogens is 450 g/mol. The summed E-state index contributed by atoms with van der Waals surface area (Å²) in [5.74, 6) is 1.27. The van der Waals surface area contributed by atoms with E-state index in [4.69, 9.17) is 9.72 Å². The summed E-state index contributed by atoms with van der Waals surface area (Å²) in [6, 6.07) is 6.13. The fourth-order valence-electron chi connectivity index (χ4n) is 4.38. The molecule has 0 aliphatic carbocycles. The second kappa shape index (κ2) is 11.4. The van der Waals surface area contributed by atoms with Gasteiger partial charge in [-0.1, -0.05) is 20.3 Å². The molecule has 4 rings (SSSR count). The summed E-state index contributed by atoms with van der Waals surface area (Å²) in [5.41, 5.74) is 3.14. The first-order valence-corrected chi connectivity index (χ1v) is 12.9. The van der Waals surface area contributed by atoms with Gasteiger partial charge < -0.3 is 19.4 Å². The third kappa shape index (κ3) is 5.49. The molecule has 0 bridgehead atoms. The van der Waals surface area contributed by atoms with Crippen LogP contribution in [0.5, 0.6) is 5.75 Å². The topological polar surface area (TPSA) is 86.6 Å². The summed E-state index contributed by atoms with van der Waals surface area (Å²) in [4.78, 5) is 24.3. The lowest BCUT2D eigenvalue weighted by Crippen LogP contribution is -2.44. The zero-order valence-corrected chi connectivity index (χ0v) is 21.2. The molecule has 8 nitrogen and oxygen atoms in total.